The zero-order chi connectivity index (χ0) is 15.2. The molecule has 0 N–H and O–H groups in total. The Morgan fingerprint density at radius 2 is 1.41 bits per heavy atom. The average molecular weight is 312 g/mol. The molecule has 3 aromatic rings. The highest BCUT2D eigenvalue weighted by atomic mass is 35.5. The van der Waals surface area contributed by atoms with E-state index in [0.717, 1.165) is 22.9 Å². The minimum Gasteiger partial charge on any atom is -0.487 e. The topological polar surface area (TPSA) is 31.4 Å². The molecule has 0 aliphatic heterocycles. The Morgan fingerprint density at radius 3 is 2.14 bits per heavy atom. The van der Waals surface area contributed by atoms with Crippen molar-refractivity contribution in [2.75, 3.05) is 0 Å². The predicted octanol–water partition coefficient (Wildman–Crippen LogP) is 5.11. The molecule has 1 aromatic heterocycles. The Kier molecular flexibility index (Phi) is 4.56. The quantitative estimate of drug-likeness (QED) is 0.614. The molecule has 0 spiro atoms. The summed E-state index contributed by atoms with van der Waals surface area (Å²) in [5, 5.41) is 0.465. The number of hydrogen-bond donors (Lipinski definition) is 0. The fourth-order valence-electron chi connectivity index (χ4n) is 1.92. The van der Waals surface area contributed by atoms with E-state index >= 15 is 0 Å². The Balaban J connectivity index is 1.60. The summed E-state index contributed by atoms with van der Waals surface area (Å²) in [5.41, 5.74) is 0.789. The van der Waals surface area contributed by atoms with E-state index in [-0.39, 0.29) is 0 Å². The average Bonchev–Trinajstić information content (AvgIpc) is 2.55. The third-order valence-electron chi connectivity index (χ3n) is 2.96. The van der Waals surface area contributed by atoms with Gasteiger partial charge in [-0.05, 0) is 48.5 Å². The second kappa shape index (κ2) is 6.96. The Hall–Kier alpha value is -2.52. The van der Waals surface area contributed by atoms with Crippen LogP contribution in [0.1, 0.15) is 5.69 Å². The predicted molar refractivity (Wildman–Crippen MR) is 86.5 cm³/mol. The van der Waals surface area contributed by atoms with Crippen LogP contribution in [0.3, 0.4) is 0 Å². The van der Waals surface area contributed by atoms with Gasteiger partial charge >= 0.3 is 0 Å². The summed E-state index contributed by atoms with van der Waals surface area (Å²) >= 11 is 5.84. The van der Waals surface area contributed by atoms with Crippen molar-refractivity contribution in [3.05, 3.63) is 83.6 Å². The van der Waals surface area contributed by atoms with Crippen LogP contribution in [0.15, 0.2) is 72.8 Å². The molecule has 4 heteroatoms. The molecular formula is C18H14ClNO2. The Labute approximate surface area is 134 Å². The lowest BCUT2D eigenvalue weighted by molar-refractivity contribution is 0.301. The molecule has 0 amide bonds. The van der Waals surface area contributed by atoms with E-state index in [0.29, 0.717) is 11.8 Å². The van der Waals surface area contributed by atoms with Gasteiger partial charge in [-0.15, -0.1) is 0 Å². The van der Waals surface area contributed by atoms with E-state index in [2.05, 4.69) is 4.98 Å². The molecule has 0 saturated heterocycles. The lowest BCUT2D eigenvalue weighted by atomic mass is 10.3. The third-order valence-corrected chi connectivity index (χ3v) is 3.17. The SMILES string of the molecule is Clc1cccc(COc2ccc(Oc3ccccc3)cc2)n1. The minimum atomic E-state index is 0.374. The highest BCUT2D eigenvalue weighted by Crippen LogP contribution is 2.23. The summed E-state index contributed by atoms with van der Waals surface area (Å²) in [6.07, 6.45) is 0. The molecule has 0 saturated carbocycles. The largest absolute Gasteiger partial charge is 0.487 e. The molecular weight excluding hydrogens is 298 g/mol. The van der Waals surface area contributed by atoms with Crippen molar-refractivity contribution in [2.24, 2.45) is 0 Å². The molecule has 0 aliphatic carbocycles. The maximum Gasteiger partial charge on any atom is 0.130 e. The number of ether oxygens (including phenoxy) is 2. The summed E-state index contributed by atoms with van der Waals surface area (Å²) in [6, 6.07) is 22.6. The zero-order valence-corrected chi connectivity index (χ0v) is 12.5. The minimum absolute atomic E-state index is 0.374. The van der Waals surface area contributed by atoms with Crippen molar-refractivity contribution in [1.82, 2.24) is 4.98 Å². The van der Waals surface area contributed by atoms with Crippen LogP contribution in [0.5, 0.6) is 17.2 Å². The van der Waals surface area contributed by atoms with E-state index < -0.39 is 0 Å². The summed E-state index contributed by atoms with van der Waals surface area (Å²) in [7, 11) is 0. The van der Waals surface area contributed by atoms with Crippen LogP contribution in [0.2, 0.25) is 5.15 Å². The van der Waals surface area contributed by atoms with Crippen molar-refractivity contribution in [1.29, 1.82) is 0 Å². The number of halogens is 1. The molecule has 2 aromatic carbocycles. The first-order valence-corrected chi connectivity index (χ1v) is 7.24. The molecule has 0 atom stereocenters. The van der Waals surface area contributed by atoms with Gasteiger partial charge in [0.1, 0.15) is 29.0 Å². The molecule has 22 heavy (non-hydrogen) atoms. The summed E-state index contributed by atoms with van der Waals surface area (Å²) in [4.78, 5) is 4.18. The molecule has 110 valence electrons. The van der Waals surface area contributed by atoms with Gasteiger partial charge in [0.05, 0.1) is 5.69 Å². The van der Waals surface area contributed by atoms with Crippen LogP contribution in [-0.4, -0.2) is 4.98 Å². The normalized spacial score (nSPS) is 10.2. The van der Waals surface area contributed by atoms with E-state index in [9.17, 15) is 0 Å². The van der Waals surface area contributed by atoms with Gasteiger partial charge in [0.25, 0.3) is 0 Å². The van der Waals surface area contributed by atoms with Gasteiger partial charge in [0.15, 0.2) is 0 Å². The zero-order valence-electron chi connectivity index (χ0n) is 11.8. The number of rotatable bonds is 5. The maximum atomic E-state index is 5.84. The van der Waals surface area contributed by atoms with Gasteiger partial charge in [-0.1, -0.05) is 35.9 Å². The van der Waals surface area contributed by atoms with Crippen LogP contribution in [-0.2, 0) is 6.61 Å². The molecule has 0 fully saturated rings. The highest BCUT2D eigenvalue weighted by molar-refractivity contribution is 6.29. The summed E-state index contributed by atoms with van der Waals surface area (Å²) in [6.45, 7) is 0.374. The van der Waals surface area contributed by atoms with Gasteiger partial charge < -0.3 is 9.47 Å². The highest BCUT2D eigenvalue weighted by Gasteiger charge is 2.00. The molecule has 0 bridgehead atoms. The number of pyridine rings is 1. The summed E-state index contributed by atoms with van der Waals surface area (Å²) < 4.78 is 11.4. The Bertz CT molecular complexity index is 730. The molecule has 0 aliphatic rings. The molecule has 3 rings (SSSR count). The first-order chi connectivity index (χ1) is 10.8. The smallest absolute Gasteiger partial charge is 0.130 e. The first kappa shape index (κ1) is 14.4. The summed E-state index contributed by atoms with van der Waals surface area (Å²) in [5.74, 6) is 2.32. The van der Waals surface area contributed by atoms with Gasteiger partial charge in [-0.2, -0.15) is 0 Å². The van der Waals surface area contributed by atoms with Gasteiger partial charge in [0.2, 0.25) is 0 Å². The van der Waals surface area contributed by atoms with Gasteiger partial charge in [0, 0.05) is 0 Å². The second-order valence-electron chi connectivity index (χ2n) is 4.63. The van der Waals surface area contributed by atoms with Crippen molar-refractivity contribution in [3.63, 3.8) is 0 Å². The van der Waals surface area contributed by atoms with E-state index in [1.165, 1.54) is 0 Å². The van der Waals surface area contributed by atoms with E-state index in [4.69, 9.17) is 21.1 Å². The van der Waals surface area contributed by atoms with Crippen molar-refractivity contribution >= 4 is 11.6 Å². The van der Waals surface area contributed by atoms with Crippen LogP contribution in [0, 0.1) is 0 Å². The third kappa shape index (κ3) is 3.99. The molecule has 1 heterocycles. The monoisotopic (exact) mass is 311 g/mol. The first-order valence-electron chi connectivity index (χ1n) is 6.87. The van der Waals surface area contributed by atoms with Crippen LogP contribution in [0.25, 0.3) is 0 Å². The van der Waals surface area contributed by atoms with Crippen LogP contribution < -0.4 is 9.47 Å². The standard InChI is InChI=1S/C18H14ClNO2/c19-18-8-4-5-14(20-18)13-21-15-9-11-17(12-10-15)22-16-6-2-1-3-7-16/h1-12H,13H2. The molecule has 0 radical (unpaired) electrons. The lowest BCUT2D eigenvalue weighted by Crippen LogP contribution is -1.98. The van der Waals surface area contributed by atoms with Gasteiger partial charge in [-0.3, -0.25) is 0 Å². The number of aromatic nitrogens is 1. The van der Waals surface area contributed by atoms with Crippen LogP contribution in [0.4, 0.5) is 0 Å². The fraction of sp³-hybridized carbons (Fsp3) is 0.0556. The van der Waals surface area contributed by atoms with E-state index in [1.54, 1.807) is 6.07 Å². The van der Waals surface area contributed by atoms with Crippen molar-refractivity contribution in [3.8, 4) is 17.2 Å². The molecule has 3 nitrogen and oxygen atoms in total. The van der Waals surface area contributed by atoms with Crippen LogP contribution >= 0.6 is 11.6 Å². The van der Waals surface area contributed by atoms with Crippen molar-refractivity contribution < 1.29 is 9.47 Å². The second-order valence-corrected chi connectivity index (χ2v) is 5.01. The van der Waals surface area contributed by atoms with E-state index in [1.807, 2.05) is 66.7 Å². The number of para-hydroxylation sites is 1. The van der Waals surface area contributed by atoms with Gasteiger partial charge in [-0.25, -0.2) is 4.98 Å². The maximum absolute atomic E-state index is 5.84. The number of hydrogen-bond acceptors (Lipinski definition) is 3. The van der Waals surface area contributed by atoms with Crippen molar-refractivity contribution in [2.45, 2.75) is 6.61 Å². The Morgan fingerprint density at radius 1 is 0.727 bits per heavy atom. The molecule has 0 unspecified atom stereocenters. The lowest BCUT2D eigenvalue weighted by Gasteiger charge is -2.08. The number of nitrogens with zero attached hydrogens (tertiary/aromatic N) is 1. The number of benzene rings is 2. The fourth-order valence-corrected chi connectivity index (χ4v) is 2.10.